The first-order chi connectivity index (χ1) is 5.90. The average Bonchev–Trinajstić information content (AvgIpc) is 2.34. The predicted molar refractivity (Wildman–Crippen MR) is 42.6 cm³/mol. The summed E-state index contributed by atoms with van der Waals surface area (Å²) >= 11 is 0. The Labute approximate surface area is 70.7 Å². The van der Waals surface area contributed by atoms with Crippen LogP contribution in [0, 0.1) is 0 Å². The van der Waals surface area contributed by atoms with Crippen LogP contribution in [0.4, 0.5) is 0 Å². The Bertz CT molecular complexity index is 256. The zero-order chi connectivity index (χ0) is 8.39. The van der Waals surface area contributed by atoms with Crippen LogP contribution in [0.15, 0.2) is 6.20 Å². The molecule has 12 heavy (non-hydrogen) atoms. The Balaban J connectivity index is 2.02. The van der Waals surface area contributed by atoms with E-state index in [-0.39, 0.29) is 0 Å². The zero-order valence-electron chi connectivity index (χ0n) is 7.03. The van der Waals surface area contributed by atoms with E-state index in [0.29, 0.717) is 12.6 Å². The van der Waals surface area contributed by atoms with Crippen molar-refractivity contribution in [2.24, 2.45) is 0 Å². The lowest BCUT2D eigenvalue weighted by Gasteiger charge is -2.26. The van der Waals surface area contributed by atoms with Gasteiger partial charge in [-0.1, -0.05) is 5.21 Å². The molecule has 5 heteroatoms. The van der Waals surface area contributed by atoms with Crippen LogP contribution in [0.1, 0.15) is 11.7 Å². The maximum absolute atomic E-state index is 4.94. The van der Waals surface area contributed by atoms with Gasteiger partial charge in [0.1, 0.15) is 5.69 Å². The van der Waals surface area contributed by atoms with Crippen molar-refractivity contribution in [3.63, 3.8) is 0 Å². The summed E-state index contributed by atoms with van der Waals surface area (Å²) in [6.07, 6.45) is 1.94. The molecule has 0 radical (unpaired) electrons. The fourth-order valence-electron chi connectivity index (χ4n) is 1.17. The third kappa shape index (κ3) is 1.33. The number of methoxy groups -OCH3 is 1. The van der Waals surface area contributed by atoms with Gasteiger partial charge in [-0.25, -0.2) is 4.68 Å². The van der Waals surface area contributed by atoms with E-state index in [2.05, 4.69) is 15.6 Å². The van der Waals surface area contributed by atoms with Crippen molar-refractivity contribution in [2.45, 2.75) is 12.6 Å². The molecule has 1 N–H and O–H groups in total. The predicted octanol–water partition coefficient (Wildman–Crippen LogP) is -0.431. The average molecular weight is 168 g/mol. The second-order valence-electron chi connectivity index (χ2n) is 2.93. The first-order valence-corrected chi connectivity index (χ1v) is 4.00. The van der Waals surface area contributed by atoms with E-state index in [1.165, 1.54) is 0 Å². The van der Waals surface area contributed by atoms with E-state index >= 15 is 0 Å². The van der Waals surface area contributed by atoms with Gasteiger partial charge in [0, 0.05) is 20.2 Å². The fraction of sp³-hybridized carbons (Fsp3) is 0.714. The number of hydrogen-bond acceptors (Lipinski definition) is 4. The van der Waals surface area contributed by atoms with Crippen molar-refractivity contribution in [3.8, 4) is 0 Å². The second-order valence-corrected chi connectivity index (χ2v) is 2.93. The van der Waals surface area contributed by atoms with Gasteiger partial charge in [0.05, 0.1) is 18.8 Å². The van der Waals surface area contributed by atoms with E-state index in [1.807, 2.05) is 10.9 Å². The summed E-state index contributed by atoms with van der Waals surface area (Å²) in [6, 6.07) is 0.489. The minimum absolute atomic E-state index is 0.489. The SMILES string of the molecule is COCc1cn(C2CNC2)nn1. The summed E-state index contributed by atoms with van der Waals surface area (Å²) in [6.45, 7) is 2.53. The van der Waals surface area contributed by atoms with E-state index in [0.717, 1.165) is 18.8 Å². The van der Waals surface area contributed by atoms with Gasteiger partial charge in [0.25, 0.3) is 0 Å². The molecule has 1 aromatic rings. The molecule has 66 valence electrons. The lowest BCUT2D eigenvalue weighted by molar-refractivity contribution is 0.181. The number of hydrogen-bond donors (Lipinski definition) is 1. The summed E-state index contributed by atoms with van der Waals surface area (Å²) in [4.78, 5) is 0. The van der Waals surface area contributed by atoms with Crippen molar-refractivity contribution in [2.75, 3.05) is 20.2 Å². The fourth-order valence-corrected chi connectivity index (χ4v) is 1.17. The monoisotopic (exact) mass is 168 g/mol. The molecule has 0 aromatic carbocycles. The maximum Gasteiger partial charge on any atom is 0.108 e. The van der Waals surface area contributed by atoms with Crippen molar-refractivity contribution >= 4 is 0 Å². The Morgan fingerprint density at radius 1 is 1.75 bits per heavy atom. The Kier molecular flexibility index (Phi) is 2.05. The van der Waals surface area contributed by atoms with E-state index in [4.69, 9.17) is 4.74 Å². The molecule has 0 spiro atoms. The summed E-state index contributed by atoms with van der Waals surface area (Å²) in [5.41, 5.74) is 0.893. The standard InChI is InChI=1S/C7H12N4O/c1-12-5-6-4-11(10-9-6)7-2-8-3-7/h4,7-8H,2-3,5H2,1H3. The minimum Gasteiger partial charge on any atom is -0.378 e. The third-order valence-corrected chi connectivity index (χ3v) is 1.98. The zero-order valence-corrected chi connectivity index (χ0v) is 7.03. The molecule has 0 atom stereocenters. The van der Waals surface area contributed by atoms with Gasteiger partial charge < -0.3 is 10.1 Å². The van der Waals surface area contributed by atoms with Crippen molar-refractivity contribution < 1.29 is 4.74 Å². The van der Waals surface area contributed by atoms with Crippen LogP contribution in [-0.2, 0) is 11.3 Å². The van der Waals surface area contributed by atoms with Gasteiger partial charge in [-0.05, 0) is 0 Å². The smallest absolute Gasteiger partial charge is 0.108 e. The quantitative estimate of drug-likeness (QED) is 0.665. The molecule has 0 amide bonds. The van der Waals surface area contributed by atoms with Gasteiger partial charge in [-0.3, -0.25) is 0 Å². The molecule has 0 aliphatic carbocycles. The van der Waals surface area contributed by atoms with Gasteiger partial charge in [0.2, 0.25) is 0 Å². The highest BCUT2D eigenvalue weighted by Gasteiger charge is 2.19. The first-order valence-electron chi connectivity index (χ1n) is 4.00. The maximum atomic E-state index is 4.94. The Morgan fingerprint density at radius 2 is 2.58 bits per heavy atom. The molecule has 2 rings (SSSR count). The molecule has 1 aliphatic rings. The van der Waals surface area contributed by atoms with Crippen LogP contribution in [0.5, 0.6) is 0 Å². The molecule has 0 saturated carbocycles. The van der Waals surface area contributed by atoms with Crippen molar-refractivity contribution in [1.82, 2.24) is 20.3 Å². The summed E-state index contributed by atoms with van der Waals surface area (Å²) < 4.78 is 6.83. The molecule has 1 aromatic heterocycles. The van der Waals surface area contributed by atoms with Crippen LogP contribution in [0.3, 0.4) is 0 Å². The van der Waals surface area contributed by atoms with Crippen LogP contribution in [0.2, 0.25) is 0 Å². The third-order valence-electron chi connectivity index (χ3n) is 1.98. The number of nitrogens with zero attached hydrogens (tertiary/aromatic N) is 3. The first kappa shape index (κ1) is 7.70. The number of rotatable bonds is 3. The molecule has 2 heterocycles. The van der Waals surface area contributed by atoms with E-state index in [1.54, 1.807) is 7.11 Å². The highest BCUT2D eigenvalue weighted by molar-refractivity contribution is 4.93. The van der Waals surface area contributed by atoms with Crippen LogP contribution in [0.25, 0.3) is 0 Å². The summed E-state index contributed by atoms with van der Waals surface area (Å²) in [7, 11) is 1.66. The molecule has 1 aliphatic heterocycles. The van der Waals surface area contributed by atoms with Crippen LogP contribution < -0.4 is 5.32 Å². The van der Waals surface area contributed by atoms with E-state index in [9.17, 15) is 0 Å². The highest BCUT2D eigenvalue weighted by atomic mass is 16.5. The van der Waals surface area contributed by atoms with Crippen LogP contribution in [-0.4, -0.2) is 35.2 Å². The number of aromatic nitrogens is 3. The summed E-state index contributed by atoms with van der Waals surface area (Å²) in [5, 5.41) is 11.2. The lowest BCUT2D eigenvalue weighted by atomic mass is 10.2. The molecular formula is C7H12N4O. The topological polar surface area (TPSA) is 52.0 Å². The molecular weight excluding hydrogens is 156 g/mol. The summed E-state index contributed by atoms with van der Waals surface area (Å²) in [5.74, 6) is 0. The lowest BCUT2D eigenvalue weighted by Crippen LogP contribution is -2.43. The minimum atomic E-state index is 0.489. The Hall–Kier alpha value is -0.940. The number of ether oxygens (including phenoxy) is 1. The van der Waals surface area contributed by atoms with E-state index < -0.39 is 0 Å². The molecule has 0 unspecified atom stereocenters. The number of nitrogens with one attached hydrogen (secondary N) is 1. The van der Waals surface area contributed by atoms with Gasteiger partial charge >= 0.3 is 0 Å². The highest BCUT2D eigenvalue weighted by Crippen LogP contribution is 2.09. The van der Waals surface area contributed by atoms with Gasteiger partial charge in [-0.15, -0.1) is 5.10 Å². The molecule has 5 nitrogen and oxygen atoms in total. The van der Waals surface area contributed by atoms with Crippen molar-refractivity contribution in [1.29, 1.82) is 0 Å². The normalized spacial score (nSPS) is 17.8. The van der Waals surface area contributed by atoms with Gasteiger partial charge in [0.15, 0.2) is 0 Å². The Morgan fingerprint density at radius 3 is 3.17 bits per heavy atom. The van der Waals surface area contributed by atoms with Crippen molar-refractivity contribution in [3.05, 3.63) is 11.9 Å². The molecule has 0 bridgehead atoms. The second kappa shape index (κ2) is 3.20. The van der Waals surface area contributed by atoms with Crippen LogP contribution >= 0.6 is 0 Å². The molecule has 1 fully saturated rings. The van der Waals surface area contributed by atoms with Gasteiger partial charge in [-0.2, -0.15) is 0 Å². The largest absolute Gasteiger partial charge is 0.378 e. The molecule has 1 saturated heterocycles.